The third kappa shape index (κ3) is 5.36. The van der Waals surface area contributed by atoms with Crippen LogP contribution < -0.4 is 4.74 Å². The molecular formula is C21H14BrF3O3. The molecule has 3 nitrogen and oxygen atoms in total. The second-order valence-corrected chi connectivity index (χ2v) is 6.74. The molecule has 0 spiro atoms. The van der Waals surface area contributed by atoms with Gasteiger partial charge in [0.15, 0.2) is 5.78 Å². The van der Waals surface area contributed by atoms with E-state index in [1.165, 1.54) is 24.3 Å². The van der Waals surface area contributed by atoms with Crippen LogP contribution in [0.3, 0.4) is 0 Å². The average Bonchev–Trinajstić information content (AvgIpc) is 3.12. The lowest BCUT2D eigenvalue weighted by atomic mass is 10.1. The molecule has 0 bridgehead atoms. The van der Waals surface area contributed by atoms with E-state index in [0.29, 0.717) is 17.1 Å². The van der Waals surface area contributed by atoms with Crippen molar-refractivity contribution >= 4 is 27.8 Å². The fraction of sp³-hybridized carbons (Fsp3) is 0.0952. The number of carbonyl (C=O) groups is 1. The standard InChI is InChI=1S/C21H14BrF3O3/c22-16-6-4-14(5-7-16)20(26)11-10-17-8-9-19(28-17)13-27-18-3-1-2-15(12-18)21(23,24)25/h1-12H,13H2/b11-10+. The van der Waals surface area contributed by atoms with E-state index in [9.17, 15) is 18.0 Å². The minimum atomic E-state index is -4.43. The van der Waals surface area contributed by atoms with Gasteiger partial charge in [0.05, 0.1) is 5.56 Å². The number of hydrogen-bond acceptors (Lipinski definition) is 3. The summed E-state index contributed by atoms with van der Waals surface area (Å²) >= 11 is 3.31. The van der Waals surface area contributed by atoms with Gasteiger partial charge in [-0.3, -0.25) is 4.79 Å². The van der Waals surface area contributed by atoms with Gasteiger partial charge in [-0.05, 0) is 66.7 Å². The number of carbonyl (C=O) groups excluding carboxylic acids is 1. The minimum Gasteiger partial charge on any atom is -0.486 e. The molecule has 0 aliphatic heterocycles. The smallest absolute Gasteiger partial charge is 0.416 e. The number of ketones is 1. The highest BCUT2D eigenvalue weighted by Gasteiger charge is 2.30. The quantitative estimate of drug-likeness (QED) is 0.316. The highest BCUT2D eigenvalue weighted by molar-refractivity contribution is 9.10. The second kappa shape index (κ2) is 8.48. The van der Waals surface area contributed by atoms with Crippen LogP contribution in [-0.4, -0.2) is 5.78 Å². The lowest BCUT2D eigenvalue weighted by Crippen LogP contribution is -2.05. The molecule has 0 saturated heterocycles. The number of benzene rings is 2. The van der Waals surface area contributed by atoms with Crippen LogP contribution >= 0.6 is 15.9 Å². The first-order valence-corrected chi connectivity index (χ1v) is 8.97. The summed E-state index contributed by atoms with van der Waals surface area (Å²) in [6.07, 6.45) is -1.51. The van der Waals surface area contributed by atoms with Crippen LogP contribution in [0, 0.1) is 0 Å². The SMILES string of the molecule is O=C(/C=C/c1ccc(COc2cccc(C(F)(F)F)c2)o1)c1ccc(Br)cc1. The molecule has 28 heavy (non-hydrogen) atoms. The van der Waals surface area contributed by atoms with Gasteiger partial charge in [0.2, 0.25) is 0 Å². The van der Waals surface area contributed by atoms with E-state index in [0.717, 1.165) is 16.6 Å². The highest BCUT2D eigenvalue weighted by atomic mass is 79.9. The van der Waals surface area contributed by atoms with E-state index < -0.39 is 11.7 Å². The van der Waals surface area contributed by atoms with Gasteiger partial charge in [-0.15, -0.1) is 0 Å². The zero-order valence-electron chi connectivity index (χ0n) is 14.4. The van der Waals surface area contributed by atoms with Crippen molar-refractivity contribution in [2.24, 2.45) is 0 Å². The second-order valence-electron chi connectivity index (χ2n) is 5.82. The van der Waals surface area contributed by atoms with Crippen LogP contribution in [0.4, 0.5) is 13.2 Å². The molecule has 0 N–H and O–H groups in total. The lowest BCUT2D eigenvalue weighted by molar-refractivity contribution is -0.137. The monoisotopic (exact) mass is 450 g/mol. The zero-order chi connectivity index (χ0) is 20.1. The fourth-order valence-electron chi connectivity index (χ4n) is 2.35. The maximum atomic E-state index is 12.7. The van der Waals surface area contributed by atoms with Gasteiger partial charge in [0.25, 0.3) is 0 Å². The average molecular weight is 451 g/mol. The van der Waals surface area contributed by atoms with E-state index in [1.807, 2.05) is 0 Å². The van der Waals surface area contributed by atoms with E-state index in [1.54, 1.807) is 36.4 Å². The molecule has 0 fully saturated rings. The van der Waals surface area contributed by atoms with Gasteiger partial charge in [-0.1, -0.05) is 22.0 Å². The van der Waals surface area contributed by atoms with Crippen LogP contribution in [0.1, 0.15) is 27.4 Å². The van der Waals surface area contributed by atoms with Crippen molar-refractivity contribution in [2.45, 2.75) is 12.8 Å². The van der Waals surface area contributed by atoms with Crippen molar-refractivity contribution in [3.63, 3.8) is 0 Å². The first-order valence-electron chi connectivity index (χ1n) is 8.18. The van der Waals surface area contributed by atoms with Crippen molar-refractivity contribution in [1.29, 1.82) is 0 Å². The van der Waals surface area contributed by atoms with Gasteiger partial charge in [0, 0.05) is 10.0 Å². The number of alkyl halides is 3. The summed E-state index contributed by atoms with van der Waals surface area (Å²) in [5.74, 6) is 0.778. The number of furan rings is 1. The van der Waals surface area contributed by atoms with Crippen LogP contribution in [0.25, 0.3) is 6.08 Å². The molecule has 144 valence electrons. The van der Waals surface area contributed by atoms with Crippen molar-refractivity contribution in [3.05, 3.63) is 93.9 Å². The van der Waals surface area contributed by atoms with E-state index in [2.05, 4.69) is 15.9 Å². The minimum absolute atomic E-state index is 0.0319. The Balaban J connectivity index is 1.60. The summed E-state index contributed by atoms with van der Waals surface area (Å²) in [5, 5.41) is 0. The molecule has 1 heterocycles. The first-order chi connectivity index (χ1) is 13.3. The van der Waals surface area contributed by atoms with Crippen LogP contribution in [-0.2, 0) is 12.8 Å². The summed E-state index contributed by atoms with van der Waals surface area (Å²) in [7, 11) is 0. The number of allylic oxidation sites excluding steroid dienone is 1. The predicted molar refractivity (Wildman–Crippen MR) is 102 cm³/mol. The Bertz CT molecular complexity index is 989. The van der Waals surface area contributed by atoms with Gasteiger partial charge in [0.1, 0.15) is 23.9 Å². The Morgan fingerprint density at radius 3 is 2.54 bits per heavy atom. The number of halogens is 4. The van der Waals surface area contributed by atoms with Gasteiger partial charge < -0.3 is 9.15 Å². The molecule has 1 aromatic heterocycles. The van der Waals surface area contributed by atoms with E-state index in [-0.39, 0.29) is 18.1 Å². The Hall–Kier alpha value is -2.80. The van der Waals surface area contributed by atoms with Crippen molar-refractivity contribution in [1.82, 2.24) is 0 Å². The molecular weight excluding hydrogens is 437 g/mol. The Morgan fingerprint density at radius 2 is 1.82 bits per heavy atom. The molecule has 0 unspecified atom stereocenters. The first kappa shape index (κ1) is 19.9. The summed E-state index contributed by atoms with van der Waals surface area (Å²) in [5.41, 5.74) is -0.237. The molecule has 7 heteroatoms. The third-order valence-corrected chi connectivity index (χ3v) is 4.28. The van der Waals surface area contributed by atoms with Crippen molar-refractivity contribution in [2.75, 3.05) is 0 Å². The van der Waals surface area contributed by atoms with Crippen LogP contribution in [0.2, 0.25) is 0 Å². The Morgan fingerprint density at radius 1 is 1.07 bits per heavy atom. The van der Waals surface area contributed by atoms with Crippen LogP contribution in [0.15, 0.2) is 75.6 Å². The third-order valence-electron chi connectivity index (χ3n) is 3.75. The molecule has 2 aromatic carbocycles. The van der Waals surface area contributed by atoms with Crippen molar-refractivity contribution < 1.29 is 27.1 Å². The molecule has 3 aromatic rings. The Kier molecular flexibility index (Phi) is 6.04. The summed E-state index contributed by atoms with van der Waals surface area (Å²) in [4.78, 5) is 12.1. The van der Waals surface area contributed by atoms with Gasteiger partial charge in [-0.2, -0.15) is 13.2 Å². The number of hydrogen-bond donors (Lipinski definition) is 0. The summed E-state index contributed by atoms with van der Waals surface area (Å²) < 4.78 is 49.9. The normalized spacial score (nSPS) is 11.7. The van der Waals surface area contributed by atoms with Gasteiger partial charge >= 0.3 is 6.18 Å². The maximum absolute atomic E-state index is 12.7. The van der Waals surface area contributed by atoms with Crippen molar-refractivity contribution in [3.8, 4) is 5.75 Å². The van der Waals surface area contributed by atoms with Gasteiger partial charge in [-0.25, -0.2) is 0 Å². The van der Waals surface area contributed by atoms with Crippen LogP contribution in [0.5, 0.6) is 5.75 Å². The molecule has 0 aliphatic carbocycles. The zero-order valence-corrected chi connectivity index (χ0v) is 16.0. The Labute approximate surface area is 167 Å². The fourth-order valence-corrected chi connectivity index (χ4v) is 2.61. The topological polar surface area (TPSA) is 39.4 Å². The molecule has 0 radical (unpaired) electrons. The number of rotatable bonds is 6. The van der Waals surface area contributed by atoms with E-state index >= 15 is 0 Å². The lowest BCUT2D eigenvalue weighted by Gasteiger charge is -2.09. The summed E-state index contributed by atoms with van der Waals surface area (Å²) in [6, 6.07) is 14.9. The van der Waals surface area contributed by atoms with E-state index in [4.69, 9.17) is 9.15 Å². The number of ether oxygens (including phenoxy) is 1. The molecule has 0 aliphatic rings. The maximum Gasteiger partial charge on any atom is 0.416 e. The summed E-state index contributed by atoms with van der Waals surface area (Å²) in [6.45, 7) is -0.0319. The molecule has 0 amide bonds. The highest BCUT2D eigenvalue weighted by Crippen LogP contribution is 2.31. The molecule has 3 rings (SSSR count). The largest absolute Gasteiger partial charge is 0.486 e. The predicted octanol–water partition coefficient (Wildman–Crippen LogP) is 6.54. The molecule has 0 atom stereocenters. The molecule has 0 saturated carbocycles.